The minimum Gasteiger partial charge on any atom is -0.493 e. The zero-order valence-electron chi connectivity index (χ0n) is 14.0. The van der Waals surface area contributed by atoms with Gasteiger partial charge in [-0.3, -0.25) is 9.59 Å². The Hall–Kier alpha value is -2.71. The van der Waals surface area contributed by atoms with Crippen LogP contribution in [0.4, 0.5) is 13.2 Å². The van der Waals surface area contributed by atoms with Gasteiger partial charge in [0.1, 0.15) is 0 Å². The second-order valence-corrected chi connectivity index (χ2v) is 5.58. The Kier molecular flexibility index (Phi) is 4.96. The number of carbonyl (C=O) groups excluding carboxylic acids is 2. The molecule has 0 saturated heterocycles. The van der Waals surface area contributed by atoms with Crippen LogP contribution in [0.1, 0.15) is 22.0 Å². The highest BCUT2D eigenvalue weighted by atomic mass is 19.4. The fraction of sp³-hybridized carbons (Fsp3) is 0.375. The highest BCUT2D eigenvalue weighted by Crippen LogP contribution is 2.42. The van der Waals surface area contributed by atoms with Crippen LogP contribution in [0.3, 0.4) is 0 Å². The molecule has 0 aromatic heterocycles. The molecular formula is C16H17F3N2O4. The highest BCUT2D eigenvalue weighted by molar-refractivity contribution is 6.15. The largest absolute Gasteiger partial charge is 0.493 e. The standard InChI is InChI=1S/C16H17F3N2O4/c1-21(2)7-10-13(20-15(23)16(17,18)19)8-5-11(24-3)12(25-4)6-9(8)14(10)22/h5-7,13H,1-4H3,(H,20,23). The monoisotopic (exact) mass is 358 g/mol. The molecule has 0 aliphatic heterocycles. The summed E-state index contributed by atoms with van der Waals surface area (Å²) in [5, 5.41) is 1.87. The van der Waals surface area contributed by atoms with Gasteiger partial charge in [0.15, 0.2) is 17.3 Å². The number of ether oxygens (including phenoxy) is 2. The molecule has 0 heterocycles. The molecule has 1 aromatic carbocycles. The summed E-state index contributed by atoms with van der Waals surface area (Å²) < 4.78 is 48.2. The van der Waals surface area contributed by atoms with Gasteiger partial charge in [-0.25, -0.2) is 0 Å². The Bertz CT molecular complexity index is 742. The second kappa shape index (κ2) is 6.66. The summed E-state index contributed by atoms with van der Waals surface area (Å²) in [6.07, 6.45) is -3.69. The van der Waals surface area contributed by atoms with E-state index in [1.165, 1.54) is 37.5 Å². The molecule has 1 aliphatic rings. The van der Waals surface area contributed by atoms with E-state index in [1.807, 2.05) is 5.32 Å². The predicted molar refractivity (Wildman–Crippen MR) is 82.6 cm³/mol. The van der Waals surface area contributed by atoms with Gasteiger partial charge in [0.05, 0.1) is 20.3 Å². The van der Waals surface area contributed by atoms with E-state index in [-0.39, 0.29) is 28.2 Å². The van der Waals surface area contributed by atoms with E-state index >= 15 is 0 Å². The van der Waals surface area contributed by atoms with E-state index in [1.54, 1.807) is 14.1 Å². The number of hydrogen-bond donors (Lipinski definition) is 1. The molecule has 6 nitrogen and oxygen atoms in total. The fourth-order valence-electron chi connectivity index (χ4n) is 2.56. The summed E-state index contributed by atoms with van der Waals surface area (Å²) in [6, 6.07) is 1.54. The number of carbonyl (C=O) groups is 2. The topological polar surface area (TPSA) is 67.9 Å². The molecule has 0 bridgehead atoms. The number of hydrogen-bond acceptors (Lipinski definition) is 5. The Morgan fingerprint density at radius 3 is 2.24 bits per heavy atom. The van der Waals surface area contributed by atoms with Crippen molar-refractivity contribution in [3.8, 4) is 11.5 Å². The van der Waals surface area contributed by atoms with E-state index in [0.717, 1.165) is 0 Å². The fourth-order valence-corrected chi connectivity index (χ4v) is 2.56. The van der Waals surface area contributed by atoms with Crippen LogP contribution in [-0.2, 0) is 4.79 Å². The van der Waals surface area contributed by atoms with Gasteiger partial charge in [-0.15, -0.1) is 0 Å². The number of benzene rings is 1. The average molecular weight is 358 g/mol. The van der Waals surface area contributed by atoms with Crippen LogP contribution in [0.5, 0.6) is 11.5 Å². The molecule has 1 N–H and O–H groups in total. The number of amides is 1. The Balaban J connectivity index is 2.59. The molecule has 1 aliphatic carbocycles. The van der Waals surface area contributed by atoms with Crippen LogP contribution in [0.25, 0.3) is 0 Å². The summed E-state index contributed by atoms with van der Waals surface area (Å²) in [6.45, 7) is 0. The molecule has 0 saturated carbocycles. The van der Waals surface area contributed by atoms with E-state index < -0.39 is 23.9 Å². The zero-order chi connectivity index (χ0) is 18.9. The first-order chi connectivity index (χ1) is 11.6. The molecule has 2 rings (SSSR count). The van der Waals surface area contributed by atoms with Gasteiger partial charge in [0.2, 0.25) is 0 Å². The third-order valence-corrected chi connectivity index (χ3v) is 3.61. The molecule has 0 radical (unpaired) electrons. The lowest BCUT2D eigenvalue weighted by Gasteiger charge is -2.18. The lowest BCUT2D eigenvalue weighted by Crippen LogP contribution is -2.39. The third kappa shape index (κ3) is 3.54. The number of alkyl halides is 3. The lowest BCUT2D eigenvalue weighted by atomic mass is 10.1. The SMILES string of the molecule is COc1cc2c(cc1OC)C(NC(=O)C(F)(F)F)C(=CN(C)C)C2=O. The first kappa shape index (κ1) is 18.6. The van der Waals surface area contributed by atoms with Gasteiger partial charge >= 0.3 is 12.1 Å². The van der Waals surface area contributed by atoms with E-state index in [0.29, 0.717) is 0 Å². The van der Waals surface area contributed by atoms with E-state index in [4.69, 9.17) is 9.47 Å². The maximum absolute atomic E-state index is 12.7. The Morgan fingerprint density at radius 2 is 1.76 bits per heavy atom. The lowest BCUT2D eigenvalue weighted by molar-refractivity contribution is -0.174. The number of methoxy groups -OCH3 is 2. The summed E-state index contributed by atoms with van der Waals surface area (Å²) in [5.41, 5.74) is 0.388. The van der Waals surface area contributed by atoms with Crippen molar-refractivity contribution in [1.82, 2.24) is 10.2 Å². The van der Waals surface area contributed by atoms with E-state index in [2.05, 4.69) is 0 Å². The normalized spacial score (nSPS) is 18.1. The van der Waals surface area contributed by atoms with Crippen LogP contribution in [-0.4, -0.2) is 51.1 Å². The minimum absolute atomic E-state index is 0.0212. The molecule has 0 spiro atoms. The van der Waals surface area contributed by atoms with Gasteiger partial charge in [-0.1, -0.05) is 0 Å². The number of Topliss-reactive ketones (excluding diaryl/α,β-unsaturated/α-hetero) is 1. The quantitative estimate of drug-likeness (QED) is 0.835. The number of nitrogens with one attached hydrogen (secondary N) is 1. The highest BCUT2D eigenvalue weighted by Gasteiger charge is 2.44. The summed E-state index contributed by atoms with van der Waals surface area (Å²) >= 11 is 0. The summed E-state index contributed by atoms with van der Waals surface area (Å²) in [4.78, 5) is 25.5. The smallest absolute Gasteiger partial charge is 0.471 e. The van der Waals surface area contributed by atoms with Crippen molar-refractivity contribution in [2.45, 2.75) is 12.2 Å². The van der Waals surface area contributed by atoms with Gasteiger partial charge in [0.25, 0.3) is 0 Å². The average Bonchev–Trinajstić information content (AvgIpc) is 2.77. The number of ketones is 1. The number of halogens is 3. The molecule has 0 fully saturated rings. The van der Waals surface area contributed by atoms with Crippen molar-refractivity contribution in [1.29, 1.82) is 0 Å². The van der Waals surface area contributed by atoms with Crippen molar-refractivity contribution < 1.29 is 32.2 Å². The predicted octanol–water partition coefficient (Wildman–Crippen LogP) is 2.07. The van der Waals surface area contributed by atoms with Gasteiger partial charge in [0, 0.05) is 31.4 Å². The van der Waals surface area contributed by atoms with Crippen LogP contribution in [0.15, 0.2) is 23.9 Å². The van der Waals surface area contributed by atoms with Crippen LogP contribution in [0.2, 0.25) is 0 Å². The number of nitrogens with zero attached hydrogens (tertiary/aromatic N) is 1. The maximum Gasteiger partial charge on any atom is 0.471 e. The van der Waals surface area contributed by atoms with E-state index in [9.17, 15) is 22.8 Å². The Labute approximate surface area is 142 Å². The summed E-state index contributed by atoms with van der Waals surface area (Å²) in [5.74, 6) is -2.11. The van der Waals surface area contributed by atoms with Gasteiger partial charge in [-0.05, 0) is 17.7 Å². The number of rotatable bonds is 4. The second-order valence-electron chi connectivity index (χ2n) is 5.58. The third-order valence-electron chi connectivity index (χ3n) is 3.61. The first-order valence-corrected chi connectivity index (χ1v) is 7.16. The van der Waals surface area contributed by atoms with Crippen LogP contribution in [0, 0.1) is 0 Å². The van der Waals surface area contributed by atoms with Gasteiger partial charge in [-0.2, -0.15) is 13.2 Å². The molecule has 1 unspecified atom stereocenters. The van der Waals surface area contributed by atoms with Crippen molar-refractivity contribution in [3.05, 3.63) is 35.0 Å². The molecule has 25 heavy (non-hydrogen) atoms. The van der Waals surface area contributed by atoms with Crippen molar-refractivity contribution >= 4 is 11.7 Å². The minimum atomic E-state index is -5.06. The van der Waals surface area contributed by atoms with Crippen molar-refractivity contribution in [2.24, 2.45) is 0 Å². The van der Waals surface area contributed by atoms with Crippen molar-refractivity contribution in [3.63, 3.8) is 0 Å². The molecule has 9 heteroatoms. The zero-order valence-corrected chi connectivity index (χ0v) is 14.0. The first-order valence-electron chi connectivity index (χ1n) is 7.16. The maximum atomic E-state index is 12.7. The molecule has 1 amide bonds. The molecule has 136 valence electrons. The Morgan fingerprint density at radius 1 is 1.20 bits per heavy atom. The molecular weight excluding hydrogens is 341 g/mol. The summed E-state index contributed by atoms with van der Waals surface area (Å²) in [7, 11) is 5.98. The van der Waals surface area contributed by atoms with Crippen LogP contribution < -0.4 is 14.8 Å². The molecule has 1 aromatic rings. The number of fused-ring (bicyclic) bond motifs is 1. The van der Waals surface area contributed by atoms with Gasteiger partial charge < -0.3 is 19.7 Å². The van der Waals surface area contributed by atoms with Crippen molar-refractivity contribution in [2.75, 3.05) is 28.3 Å². The molecule has 1 atom stereocenters. The van der Waals surface area contributed by atoms with Crippen LogP contribution >= 0.6 is 0 Å².